The number of carbonyl (C=O) groups excluding carboxylic acids is 1. The van der Waals surface area contributed by atoms with E-state index in [1.807, 2.05) is 24.3 Å². The van der Waals surface area contributed by atoms with Gasteiger partial charge in [-0.2, -0.15) is 5.10 Å². The lowest BCUT2D eigenvalue weighted by molar-refractivity contribution is -0.386. The highest BCUT2D eigenvalue weighted by Gasteiger charge is 2.26. The van der Waals surface area contributed by atoms with Crippen LogP contribution in [0.1, 0.15) is 52.0 Å². The largest absolute Gasteiger partial charge is 0.468 e. The van der Waals surface area contributed by atoms with Gasteiger partial charge in [0.25, 0.3) is 5.91 Å². The number of carbonyl (C=O) groups is 1. The third-order valence-corrected chi connectivity index (χ3v) is 5.98. The first kappa shape index (κ1) is 21.8. The summed E-state index contributed by atoms with van der Waals surface area (Å²) in [6.45, 7) is 6.20. The maximum Gasteiger partial charge on any atom is 0.312 e. The molecule has 0 aliphatic carbocycles. The highest BCUT2D eigenvalue weighted by Crippen LogP contribution is 2.25. The van der Waals surface area contributed by atoms with Crippen molar-refractivity contribution >= 4 is 11.6 Å². The van der Waals surface area contributed by atoms with Crippen LogP contribution in [0.3, 0.4) is 0 Å². The maximum atomic E-state index is 12.7. The van der Waals surface area contributed by atoms with E-state index in [9.17, 15) is 14.9 Å². The standard InChI is InChI=1S/C23H27N5O4/c1-16-22(28(30)31)17(2)27(25-16)15-18-7-9-19(10-8-18)23(29)24-14-20(21-6-5-13-32-21)26-11-3-4-12-26/h5-10,13,20H,3-4,11-12,14-15H2,1-2H3,(H,24,29). The third-order valence-electron chi connectivity index (χ3n) is 5.98. The Morgan fingerprint density at radius 2 is 1.94 bits per heavy atom. The molecule has 0 saturated carbocycles. The fraction of sp³-hybridized carbons (Fsp3) is 0.391. The molecule has 1 unspecified atom stereocenters. The molecule has 1 aromatic carbocycles. The molecule has 2 aromatic heterocycles. The number of hydrogen-bond donors (Lipinski definition) is 1. The SMILES string of the molecule is Cc1nn(Cc2ccc(C(=O)NCC(c3ccco3)N3CCCC3)cc2)c(C)c1[N+](=O)[O-]. The van der Waals surface area contributed by atoms with Crippen LogP contribution >= 0.6 is 0 Å². The summed E-state index contributed by atoms with van der Waals surface area (Å²) in [7, 11) is 0. The van der Waals surface area contributed by atoms with Gasteiger partial charge in [-0.3, -0.25) is 24.5 Å². The molecule has 1 aliphatic heterocycles. The van der Waals surface area contributed by atoms with Gasteiger partial charge in [0.05, 0.1) is 23.8 Å². The number of nitro groups is 1. The van der Waals surface area contributed by atoms with Gasteiger partial charge in [-0.25, -0.2) is 0 Å². The number of benzene rings is 1. The van der Waals surface area contributed by atoms with Crippen molar-refractivity contribution < 1.29 is 14.1 Å². The van der Waals surface area contributed by atoms with Crippen molar-refractivity contribution in [3.8, 4) is 0 Å². The number of aryl methyl sites for hydroxylation is 1. The summed E-state index contributed by atoms with van der Waals surface area (Å²) in [5.41, 5.74) is 2.43. The lowest BCUT2D eigenvalue weighted by Gasteiger charge is -2.26. The predicted molar refractivity (Wildman–Crippen MR) is 118 cm³/mol. The molecule has 1 saturated heterocycles. The van der Waals surface area contributed by atoms with E-state index in [-0.39, 0.29) is 17.6 Å². The van der Waals surface area contributed by atoms with Crippen LogP contribution < -0.4 is 5.32 Å². The first-order chi connectivity index (χ1) is 15.4. The fourth-order valence-electron chi connectivity index (χ4n) is 4.28. The summed E-state index contributed by atoms with van der Waals surface area (Å²) in [5.74, 6) is 0.718. The molecule has 0 bridgehead atoms. The van der Waals surface area contributed by atoms with Gasteiger partial charge in [0, 0.05) is 12.1 Å². The topological polar surface area (TPSA) is 106 Å². The number of nitrogens with zero attached hydrogens (tertiary/aromatic N) is 4. The first-order valence-electron chi connectivity index (χ1n) is 10.8. The van der Waals surface area contributed by atoms with Gasteiger partial charge in [-0.15, -0.1) is 0 Å². The molecule has 1 amide bonds. The second kappa shape index (κ2) is 9.35. The fourth-order valence-corrected chi connectivity index (χ4v) is 4.28. The molecule has 3 aromatic rings. The van der Waals surface area contributed by atoms with Gasteiger partial charge in [0.2, 0.25) is 0 Å². The average Bonchev–Trinajstić information content (AvgIpc) is 3.52. The number of rotatable bonds is 8. The Labute approximate surface area is 186 Å². The minimum absolute atomic E-state index is 0.0255. The van der Waals surface area contributed by atoms with Crippen LogP contribution in [0.5, 0.6) is 0 Å². The average molecular weight is 438 g/mol. The minimum Gasteiger partial charge on any atom is -0.468 e. The summed E-state index contributed by atoms with van der Waals surface area (Å²) in [5, 5.41) is 18.5. The number of likely N-dealkylation sites (tertiary alicyclic amines) is 1. The van der Waals surface area contributed by atoms with E-state index in [1.54, 1.807) is 36.9 Å². The lowest BCUT2D eigenvalue weighted by Crippen LogP contribution is -2.36. The number of amides is 1. The van der Waals surface area contributed by atoms with Crippen LogP contribution in [0.2, 0.25) is 0 Å². The van der Waals surface area contributed by atoms with Crippen LogP contribution in [0.4, 0.5) is 5.69 Å². The van der Waals surface area contributed by atoms with Gasteiger partial charge in [-0.1, -0.05) is 12.1 Å². The molecule has 9 heteroatoms. The van der Waals surface area contributed by atoms with Gasteiger partial charge >= 0.3 is 5.69 Å². The Morgan fingerprint density at radius 3 is 2.53 bits per heavy atom. The summed E-state index contributed by atoms with van der Waals surface area (Å²) in [4.78, 5) is 25.9. The summed E-state index contributed by atoms with van der Waals surface area (Å²) in [6, 6.07) is 11.1. The zero-order valence-corrected chi connectivity index (χ0v) is 18.3. The second-order valence-electron chi connectivity index (χ2n) is 8.12. The molecule has 0 spiro atoms. The minimum atomic E-state index is -0.403. The van der Waals surface area contributed by atoms with Crippen LogP contribution in [0, 0.1) is 24.0 Å². The van der Waals surface area contributed by atoms with Crippen LogP contribution in [-0.4, -0.2) is 45.1 Å². The van der Waals surface area contributed by atoms with E-state index >= 15 is 0 Å². The number of aromatic nitrogens is 2. The molecule has 1 N–H and O–H groups in total. The Hall–Kier alpha value is -3.46. The van der Waals surface area contributed by atoms with Gasteiger partial charge < -0.3 is 9.73 Å². The van der Waals surface area contributed by atoms with E-state index in [0.717, 1.165) is 37.3 Å². The zero-order valence-electron chi connectivity index (χ0n) is 18.3. The molecule has 168 valence electrons. The highest BCUT2D eigenvalue weighted by molar-refractivity contribution is 5.94. The number of furan rings is 1. The Morgan fingerprint density at radius 1 is 1.22 bits per heavy atom. The molecule has 3 heterocycles. The number of hydrogen-bond acceptors (Lipinski definition) is 6. The van der Waals surface area contributed by atoms with Crippen molar-refractivity contribution in [3.63, 3.8) is 0 Å². The Balaban J connectivity index is 1.40. The molecular formula is C23H27N5O4. The molecule has 4 rings (SSSR count). The van der Waals surface area contributed by atoms with E-state index in [1.165, 1.54) is 0 Å². The normalized spacial score (nSPS) is 15.1. The summed E-state index contributed by atoms with van der Waals surface area (Å²) in [6.07, 6.45) is 3.98. The first-order valence-corrected chi connectivity index (χ1v) is 10.8. The van der Waals surface area contributed by atoms with E-state index in [4.69, 9.17) is 4.42 Å². The third kappa shape index (κ3) is 4.57. The quantitative estimate of drug-likeness (QED) is 0.426. The van der Waals surface area contributed by atoms with Gasteiger partial charge in [0.15, 0.2) is 0 Å². The van der Waals surface area contributed by atoms with E-state index < -0.39 is 4.92 Å². The highest BCUT2D eigenvalue weighted by atomic mass is 16.6. The van der Waals surface area contributed by atoms with E-state index in [0.29, 0.717) is 30.0 Å². The molecule has 9 nitrogen and oxygen atoms in total. The summed E-state index contributed by atoms with van der Waals surface area (Å²) < 4.78 is 7.23. The lowest BCUT2D eigenvalue weighted by atomic mass is 10.1. The van der Waals surface area contributed by atoms with Gasteiger partial charge in [0.1, 0.15) is 17.1 Å². The van der Waals surface area contributed by atoms with Crippen molar-refractivity contribution in [2.24, 2.45) is 0 Å². The van der Waals surface area contributed by atoms with Crippen molar-refractivity contribution in [1.82, 2.24) is 20.0 Å². The Kier molecular flexibility index (Phi) is 6.36. The molecule has 0 radical (unpaired) electrons. The van der Waals surface area contributed by atoms with Crippen molar-refractivity contribution in [3.05, 3.63) is 81.1 Å². The van der Waals surface area contributed by atoms with E-state index in [2.05, 4.69) is 15.3 Å². The predicted octanol–water partition coefficient (Wildman–Crippen LogP) is 3.62. The summed E-state index contributed by atoms with van der Waals surface area (Å²) >= 11 is 0. The molecular weight excluding hydrogens is 410 g/mol. The van der Waals surface area contributed by atoms with Crippen LogP contribution in [-0.2, 0) is 6.54 Å². The molecule has 1 fully saturated rings. The Bertz CT molecular complexity index is 1080. The molecule has 32 heavy (non-hydrogen) atoms. The number of nitrogens with one attached hydrogen (secondary N) is 1. The van der Waals surface area contributed by atoms with Crippen molar-refractivity contribution in [2.75, 3.05) is 19.6 Å². The van der Waals surface area contributed by atoms with Gasteiger partial charge in [-0.05, 0) is 69.6 Å². The monoisotopic (exact) mass is 437 g/mol. The van der Waals surface area contributed by atoms with Crippen molar-refractivity contribution in [2.45, 2.75) is 39.3 Å². The molecule has 1 atom stereocenters. The van der Waals surface area contributed by atoms with Crippen molar-refractivity contribution in [1.29, 1.82) is 0 Å². The zero-order chi connectivity index (χ0) is 22.7. The molecule has 1 aliphatic rings. The van der Waals surface area contributed by atoms with Crippen LogP contribution in [0.25, 0.3) is 0 Å². The van der Waals surface area contributed by atoms with Crippen LogP contribution in [0.15, 0.2) is 47.1 Å². The smallest absolute Gasteiger partial charge is 0.312 e. The maximum absolute atomic E-state index is 12.7. The second-order valence-corrected chi connectivity index (χ2v) is 8.12.